The molecule has 2 aromatic rings. The molecule has 1 aliphatic heterocycles. The highest BCUT2D eigenvalue weighted by molar-refractivity contribution is 5.95. The zero-order valence-corrected chi connectivity index (χ0v) is 15.2. The molecule has 3 amide bonds. The summed E-state index contributed by atoms with van der Waals surface area (Å²) in [7, 11) is 1.38. The van der Waals surface area contributed by atoms with E-state index in [0.29, 0.717) is 18.8 Å². The average Bonchev–Trinajstić information content (AvgIpc) is 3.03. The summed E-state index contributed by atoms with van der Waals surface area (Å²) < 4.78 is 27.3. The summed E-state index contributed by atoms with van der Waals surface area (Å²) in [6.07, 6.45) is -1.61. The van der Waals surface area contributed by atoms with Gasteiger partial charge in [-0.15, -0.1) is 0 Å². The Hall–Kier alpha value is -2.97. The molecule has 0 spiro atoms. The van der Waals surface area contributed by atoms with E-state index in [9.17, 15) is 18.4 Å². The Morgan fingerprint density at radius 2 is 1.81 bits per heavy atom. The van der Waals surface area contributed by atoms with Gasteiger partial charge in [0.1, 0.15) is 5.69 Å². The molecular weight excluding hydrogens is 356 g/mol. The zero-order valence-electron chi connectivity index (χ0n) is 15.2. The van der Waals surface area contributed by atoms with Gasteiger partial charge >= 0.3 is 6.03 Å². The van der Waals surface area contributed by atoms with Gasteiger partial charge in [-0.1, -0.05) is 12.1 Å². The van der Waals surface area contributed by atoms with E-state index in [1.165, 1.54) is 18.1 Å². The molecule has 1 N–H and O–H groups in total. The van der Waals surface area contributed by atoms with E-state index in [1.54, 1.807) is 11.0 Å². The highest BCUT2D eigenvalue weighted by Gasteiger charge is 2.29. The molecule has 1 saturated heterocycles. The maximum Gasteiger partial charge on any atom is 0.321 e. The number of benzene rings is 1. The number of amides is 3. The largest absolute Gasteiger partial charge is 0.335 e. The summed E-state index contributed by atoms with van der Waals surface area (Å²) in [5.74, 6) is -0.489. The molecular formula is C18H21F2N5O2. The number of carbonyl (C=O) groups excluding carboxylic acids is 2. The molecule has 3 rings (SSSR count). The monoisotopic (exact) mass is 377 g/mol. The Morgan fingerprint density at radius 1 is 1.15 bits per heavy atom. The summed E-state index contributed by atoms with van der Waals surface area (Å²) in [5, 5.41) is 6.59. The molecule has 144 valence electrons. The van der Waals surface area contributed by atoms with Crippen LogP contribution in [-0.4, -0.2) is 57.7 Å². The van der Waals surface area contributed by atoms with Crippen LogP contribution in [0.1, 0.15) is 28.0 Å². The number of hydrogen-bond acceptors (Lipinski definition) is 3. The van der Waals surface area contributed by atoms with Gasteiger partial charge in [-0.2, -0.15) is 5.10 Å². The first kappa shape index (κ1) is 18.8. The van der Waals surface area contributed by atoms with Gasteiger partial charge in [0, 0.05) is 38.9 Å². The van der Waals surface area contributed by atoms with Gasteiger partial charge in [0.25, 0.3) is 12.3 Å². The molecule has 0 atom stereocenters. The molecule has 0 radical (unpaired) electrons. The van der Waals surface area contributed by atoms with Gasteiger partial charge in [-0.3, -0.25) is 9.48 Å². The zero-order chi connectivity index (χ0) is 19.6. The van der Waals surface area contributed by atoms with Gasteiger partial charge in [0.05, 0.1) is 11.8 Å². The minimum absolute atomic E-state index is 0.0924. The predicted octanol–water partition coefficient (Wildman–Crippen LogP) is 2.66. The Bertz CT molecular complexity index is 844. The molecule has 0 bridgehead atoms. The Balaban J connectivity index is 1.60. The van der Waals surface area contributed by atoms with Crippen LogP contribution >= 0.6 is 0 Å². The van der Waals surface area contributed by atoms with Crippen LogP contribution in [0, 0.1) is 6.92 Å². The molecule has 0 unspecified atom stereocenters. The second-order valence-corrected chi connectivity index (χ2v) is 6.45. The molecule has 1 aromatic carbocycles. The van der Waals surface area contributed by atoms with E-state index in [4.69, 9.17) is 0 Å². The lowest BCUT2D eigenvalue weighted by Gasteiger charge is -2.34. The van der Waals surface area contributed by atoms with Crippen LogP contribution in [0.25, 0.3) is 0 Å². The minimum Gasteiger partial charge on any atom is -0.335 e. The van der Waals surface area contributed by atoms with Gasteiger partial charge in [0.15, 0.2) is 0 Å². The quantitative estimate of drug-likeness (QED) is 0.894. The number of hydrogen-bond donors (Lipinski definition) is 1. The SMILES string of the molecule is Cc1cccc(NC(=O)N2CCN(C(=O)c3cnn(C)c3C(F)F)CC2)c1. The maximum atomic E-state index is 13.2. The number of rotatable bonds is 3. The third-order valence-corrected chi connectivity index (χ3v) is 4.55. The summed E-state index contributed by atoms with van der Waals surface area (Å²) in [6.45, 7) is 3.14. The van der Waals surface area contributed by atoms with Crippen molar-refractivity contribution in [3.05, 3.63) is 47.3 Å². The molecule has 1 aromatic heterocycles. The number of piperazine rings is 1. The number of halogens is 2. The van der Waals surface area contributed by atoms with Crippen LogP contribution in [-0.2, 0) is 7.05 Å². The minimum atomic E-state index is -2.78. The normalized spacial score (nSPS) is 14.6. The van der Waals surface area contributed by atoms with E-state index in [0.717, 1.165) is 10.2 Å². The van der Waals surface area contributed by atoms with Crippen molar-refractivity contribution in [2.75, 3.05) is 31.5 Å². The second-order valence-electron chi connectivity index (χ2n) is 6.45. The summed E-state index contributed by atoms with van der Waals surface area (Å²) in [6, 6.07) is 7.22. The van der Waals surface area contributed by atoms with Crippen LogP contribution in [0.5, 0.6) is 0 Å². The molecule has 0 saturated carbocycles. The predicted molar refractivity (Wildman–Crippen MR) is 95.8 cm³/mol. The van der Waals surface area contributed by atoms with Crippen LogP contribution < -0.4 is 5.32 Å². The fourth-order valence-corrected chi connectivity index (χ4v) is 3.08. The van der Waals surface area contributed by atoms with Crippen LogP contribution in [0.4, 0.5) is 19.3 Å². The highest BCUT2D eigenvalue weighted by atomic mass is 19.3. The second kappa shape index (κ2) is 7.73. The Morgan fingerprint density at radius 3 is 2.44 bits per heavy atom. The van der Waals surface area contributed by atoms with E-state index in [1.807, 2.05) is 25.1 Å². The Kier molecular flexibility index (Phi) is 5.38. The van der Waals surface area contributed by atoms with E-state index in [2.05, 4.69) is 10.4 Å². The number of urea groups is 1. The van der Waals surface area contributed by atoms with Crippen LogP contribution in [0.15, 0.2) is 30.5 Å². The lowest BCUT2D eigenvalue weighted by molar-refractivity contribution is 0.0659. The van der Waals surface area contributed by atoms with Crippen molar-refractivity contribution in [1.29, 1.82) is 0 Å². The lowest BCUT2D eigenvalue weighted by Crippen LogP contribution is -2.51. The third-order valence-electron chi connectivity index (χ3n) is 4.55. The van der Waals surface area contributed by atoms with Crippen LogP contribution in [0.2, 0.25) is 0 Å². The van der Waals surface area contributed by atoms with E-state index in [-0.39, 0.29) is 30.4 Å². The first-order chi connectivity index (χ1) is 12.9. The molecule has 1 aliphatic rings. The van der Waals surface area contributed by atoms with Crippen LogP contribution in [0.3, 0.4) is 0 Å². The standard InChI is InChI=1S/C18H21F2N5O2/c1-12-4-3-5-13(10-12)22-18(27)25-8-6-24(7-9-25)17(26)14-11-21-23(2)15(14)16(19)20/h3-5,10-11,16H,6-9H2,1-2H3,(H,22,27). The molecule has 7 nitrogen and oxygen atoms in total. The van der Waals surface area contributed by atoms with E-state index < -0.39 is 12.3 Å². The first-order valence-electron chi connectivity index (χ1n) is 8.58. The first-order valence-corrected chi connectivity index (χ1v) is 8.58. The van der Waals surface area contributed by atoms with Crippen molar-refractivity contribution in [3.63, 3.8) is 0 Å². The summed E-state index contributed by atoms with van der Waals surface area (Å²) in [5.41, 5.74) is 1.26. The summed E-state index contributed by atoms with van der Waals surface area (Å²) in [4.78, 5) is 28.0. The van der Waals surface area contributed by atoms with Gasteiger partial charge < -0.3 is 15.1 Å². The Labute approximate surface area is 155 Å². The van der Waals surface area contributed by atoms with Crippen molar-refractivity contribution >= 4 is 17.6 Å². The molecule has 0 aliphatic carbocycles. The molecule has 27 heavy (non-hydrogen) atoms. The number of anilines is 1. The van der Waals surface area contributed by atoms with Crippen molar-refractivity contribution in [1.82, 2.24) is 19.6 Å². The molecule has 9 heteroatoms. The number of alkyl halides is 2. The van der Waals surface area contributed by atoms with Gasteiger partial charge in [-0.25, -0.2) is 13.6 Å². The number of aryl methyl sites for hydroxylation is 2. The van der Waals surface area contributed by atoms with Crippen molar-refractivity contribution < 1.29 is 18.4 Å². The van der Waals surface area contributed by atoms with Gasteiger partial charge in [0.2, 0.25) is 0 Å². The van der Waals surface area contributed by atoms with Crippen molar-refractivity contribution in [2.24, 2.45) is 7.05 Å². The maximum absolute atomic E-state index is 13.2. The van der Waals surface area contributed by atoms with Crippen molar-refractivity contribution in [3.8, 4) is 0 Å². The molecule has 1 fully saturated rings. The number of aromatic nitrogens is 2. The number of nitrogens with one attached hydrogen (secondary N) is 1. The molecule has 2 heterocycles. The van der Waals surface area contributed by atoms with E-state index >= 15 is 0 Å². The van der Waals surface area contributed by atoms with Gasteiger partial charge in [-0.05, 0) is 24.6 Å². The average molecular weight is 377 g/mol. The summed E-state index contributed by atoms with van der Waals surface area (Å²) >= 11 is 0. The fraction of sp³-hybridized carbons (Fsp3) is 0.389. The number of nitrogens with zero attached hydrogens (tertiary/aromatic N) is 4. The fourth-order valence-electron chi connectivity index (χ4n) is 3.08. The lowest BCUT2D eigenvalue weighted by atomic mass is 10.2. The highest BCUT2D eigenvalue weighted by Crippen LogP contribution is 2.23. The third kappa shape index (κ3) is 4.07. The topological polar surface area (TPSA) is 70.5 Å². The number of carbonyl (C=O) groups is 2. The smallest absolute Gasteiger partial charge is 0.321 e. The van der Waals surface area contributed by atoms with Crippen molar-refractivity contribution in [2.45, 2.75) is 13.3 Å².